The average molecular weight is 1240 g/mol. The zero-order valence-electron chi connectivity index (χ0n) is 53.5. The summed E-state index contributed by atoms with van der Waals surface area (Å²) in [5, 5.41) is 19.3. The summed E-state index contributed by atoms with van der Waals surface area (Å²) in [6.07, 6.45) is 1.60. The number of aromatic hydroxyl groups is 1. The van der Waals surface area contributed by atoms with E-state index >= 15 is 9.59 Å². The molecule has 0 aromatic heterocycles. The number of phenols is 1. The maximum absolute atomic E-state index is 15.3. The Hall–Kier alpha value is -8.13. The Bertz CT molecular complexity index is 3750. The molecule has 6 amide bonds. The van der Waals surface area contributed by atoms with Gasteiger partial charge in [-0.05, 0) is 100 Å². The van der Waals surface area contributed by atoms with Gasteiger partial charge in [-0.1, -0.05) is 11.6 Å². The fourth-order valence-corrected chi connectivity index (χ4v) is 11.7. The lowest BCUT2D eigenvalue weighted by Crippen LogP contribution is -2.56. The molecule has 2 saturated heterocycles. The van der Waals surface area contributed by atoms with E-state index in [0.29, 0.717) is 49.9 Å². The minimum Gasteiger partial charge on any atom is -0.507 e. The highest BCUT2D eigenvalue weighted by Gasteiger charge is 2.40. The zero-order valence-corrected chi connectivity index (χ0v) is 53.5. The van der Waals surface area contributed by atoms with E-state index in [1.165, 1.54) is 40.4 Å². The Kier molecular flexibility index (Phi) is 19.6. The van der Waals surface area contributed by atoms with Crippen molar-refractivity contribution in [1.82, 2.24) is 19.6 Å². The summed E-state index contributed by atoms with van der Waals surface area (Å²) in [6, 6.07) is 2.74. The van der Waals surface area contributed by atoms with Gasteiger partial charge in [0.05, 0.1) is 85.0 Å². The molecule has 2 heterocycles. The van der Waals surface area contributed by atoms with Crippen LogP contribution in [0.2, 0.25) is 0 Å². The predicted octanol–water partition coefficient (Wildman–Crippen LogP) is 7.11. The fraction of sp³-hybridized carbons (Fsp3) is 0.547. The number of carbonyl (C=O) groups is 7. The molecule has 0 saturated carbocycles. The van der Waals surface area contributed by atoms with Crippen molar-refractivity contribution in [2.45, 2.75) is 123 Å². The number of piperazine rings is 2. The van der Waals surface area contributed by atoms with Crippen LogP contribution in [-0.2, 0) is 52.4 Å². The average Bonchev–Trinajstić information content (AvgIpc) is 1.64. The molecule has 3 aliphatic rings. The molecule has 0 bridgehead atoms. The van der Waals surface area contributed by atoms with Crippen LogP contribution in [0.3, 0.4) is 0 Å². The molecule has 25 nitrogen and oxygen atoms in total. The lowest BCUT2D eigenvalue weighted by molar-refractivity contribution is -0.153. The summed E-state index contributed by atoms with van der Waals surface area (Å²) in [5.41, 5.74) is -2.75. The number of carbonyl (C=O) groups excluding carboxylic acids is 7. The van der Waals surface area contributed by atoms with Gasteiger partial charge in [-0.2, -0.15) is 0 Å². The molecule has 1 atom stereocenters. The van der Waals surface area contributed by atoms with Crippen molar-refractivity contribution in [3.8, 4) is 23.0 Å². The van der Waals surface area contributed by atoms with E-state index in [9.17, 15) is 38.7 Å². The number of rotatable bonds is 27. The monoisotopic (exact) mass is 1240 g/mol. The van der Waals surface area contributed by atoms with E-state index in [0.717, 1.165) is 19.6 Å². The molecule has 5 aromatic rings. The number of nitrogens with one attached hydrogen (secondary N) is 2. The third-order valence-corrected chi connectivity index (χ3v) is 17.2. The van der Waals surface area contributed by atoms with Crippen LogP contribution in [0.15, 0.2) is 27.3 Å². The molecule has 2 fully saturated rings. The van der Waals surface area contributed by atoms with Gasteiger partial charge in [-0.25, -0.2) is 9.59 Å². The van der Waals surface area contributed by atoms with Crippen LogP contribution < -0.4 is 35.7 Å². The highest BCUT2D eigenvalue weighted by molar-refractivity contribution is 6.40. The standard InChI is InChI=1S/C64H82N6O19/c1-34-26-36-46-51-48(56(77)55(36)65-20-25-86-59(79)67-29-41(73)69(42(74)30-67)21-16-63(7,8)88-23-18-61(3,4)84-14)38(72)28-40(82-12)50(51)49-39(81-11)27-37(47-53(49)52(46)54(45(34)35(2)71)58(83-13)57(47)78)66-33-87-60(80)68-31-43(75)70(44(76)32-68)22-17-64(9,10)89-24-19-62(5,6)85-15/h26-28,45,65-66,72H,16-25,29-33H2,1-15H3. The molecule has 5 aromatic carbocycles. The van der Waals surface area contributed by atoms with Crippen LogP contribution >= 0.6 is 0 Å². The Balaban J connectivity index is 1.08. The number of nitrogens with zero attached hydrogens (tertiary/aromatic N) is 4. The van der Waals surface area contributed by atoms with Crippen LogP contribution in [0, 0.1) is 0 Å². The summed E-state index contributed by atoms with van der Waals surface area (Å²) in [7, 11) is 7.27. The fourth-order valence-electron chi connectivity index (χ4n) is 11.7. The summed E-state index contributed by atoms with van der Waals surface area (Å²) in [5.74, 6) is -4.45. The number of amides is 6. The van der Waals surface area contributed by atoms with Crippen molar-refractivity contribution in [2.75, 3.05) is 119 Å². The lowest BCUT2D eigenvalue weighted by Gasteiger charge is -2.34. The number of phenolic OH excluding ortho intramolecular Hbond substituents is 1. The Morgan fingerprint density at radius 3 is 1.52 bits per heavy atom. The summed E-state index contributed by atoms with van der Waals surface area (Å²) in [4.78, 5) is 129. The number of ether oxygens (including phenoxy) is 9. The summed E-state index contributed by atoms with van der Waals surface area (Å²) < 4.78 is 52.3. The molecule has 89 heavy (non-hydrogen) atoms. The Morgan fingerprint density at radius 1 is 0.562 bits per heavy atom. The van der Waals surface area contributed by atoms with E-state index in [4.69, 9.17) is 42.6 Å². The van der Waals surface area contributed by atoms with Gasteiger partial charge in [0.25, 0.3) is 0 Å². The number of fused-ring (bicyclic) bond motifs is 1. The molecule has 2 aliphatic heterocycles. The number of methoxy groups -OCH3 is 5. The van der Waals surface area contributed by atoms with E-state index in [1.54, 1.807) is 27.2 Å². The Morgan fingerprint density at radius 2 is 1.04 bits per heavy atom. The maximum atomic E-state index is 15.3. The zero-order chi connectivity index (χ0) is 65.4. The molecular weight excluding hydrogens is 1160 g/mol. The molecule has 25 heteroatoms. The highest BCUT2D eigenvalue weighted by atomic mass is 16.6. The Labute approximate surface area is 515 Å². The first-order valence-electron chi connectivity index (χ1n) is 29.5. The minimum absolute atomic E-state index is 0.0244. The van der Waals surface area contributed by atoms with Crippen molar-refractivity contribution in [3.05, 3.63) is 49.3 Å². The van der Waals surface area contributed by atoms with Crippen LogP contribution in [0.5, 0.6) is 23.0 Å². The van der Waals surface area contributed by atoms with Crippen molar-refractivity contribution in [2.24, 2.45) is 0 Å². The topological polar surface area (TPSA) is 294 Å². The number of anilines is 2. The number of Topliss-reactive ketones (excluding diaryl/α,β-unsaturated/α-hetero) is 1. The first kappa shape index (κ1) is 66.8. The number of ketones is 1. The molecule has 8 rings (SSSR count). The van der Waals surface area contributed by atoms with E-state index in [2.05, 4.69) is 10.6 Å². The van der Waals surface area contributed by atoms with Gasteiger partial charge in [-0.15, -0.1) is 0 Å². The first-order chi connectivity index (χ1) is 41.8. The molecule has 482 valence electrons. The summed E-state index contributed by atoms with van der Waals surface area (Å²) in [6.45, 7) is 16.2. The van der Waals surface area contributed by atoms with E-state index in [-0.39, 0.29) is 109 Å². The molecule has 3 N–H and O–H groups in total. The van der Waals surface area contributed by atoms with Gasteiger partial charge in [0.15, 0.2) is 12.5 Å². The largest absolute Gasteiger partial charge is 0.507 e. The second-order valence-corrected chi connectivity index (χ2v) is 25.1. The quantitative estimate of drug-likeness (QED) is 0.0155. The lowest BCUT2D eigenvalue weighted by atomic mass is 9.80. The number of hydrogen-bond acceptors (Lipinski definition) is 21. The molecule has 1 unspecified atom stereocenters. The third kappa shape index (κ3) is 13.6. The van der Waals surface area contributed by atoms with Gasteiger partial charge in [0, 0.05) is 84.0 Å². The molecule has 0 radical (unpaired) electrons. The van der Waals surface area contributed by atoms with Gasteiger partial charge in [0.1, 0.15) is 55.8 Å². The van der Waals surface area contributed by atoms with Gasteiger partial charge < -0.3 is 58.4 Å². The van der Waals surface area contributed by atoms with E-state index < -0.39 is 114 Å². The van der Waals surface area contributed by atoms with Crippen molar-refractivity contribution in [3.63, 3.8) is 0 Å². The third-order valence-electron chi connectivity index (χ3n) is 17.2. The van der Waals surface area contributed by atoms with Gasteiger partial charge in [-0.3, -0.25) is 53.2 Å². The minimum atomic E-state index is -1.14. The summed E-state index contributed by atoms with van der Waals surface area (Å²) >= 11 is 0. The normalized spacial score (nSPS) is 16.1. The van der Waals surface area contributed by atoms with Crippen LogP contribution in [-0.4, -0.2) is 197 Å². The van der Waals surface area contributed by atoms with Gasteiger partial charge in [0.2, 0.25) is 34.5 Å². The molecule has 0 spiro atoms. The smallest absolute Gasteiger partial charge is 0.412 e. The predicted molar refractivity (Wildman–Crippen MR) is 332 cm³/mol. The number of hydrogen-bond donors (Lipinski definition) is 3. The SMILES string of the molecule is COc1c2c3c4c(c(NCCOC(=O)N5CC(=O)N(CCC(C)(C)OCCC(C)(C)OC)C(=O)C5)c(=O)c5c(O)cc(OC)c(c6c(OC)cc(NCOC(=O)N7CC(=O)N(CCC(C)(C)OCCC(C)(C)OC)C(=O)C7)c(c1=O)c63)c54)C=C(C)C2C(C)=O. The maximum Gasteiger partial charge on any atom is 0.412 e. The van der Waals surface area contributed by atoms with Crippen molar-refractivity contribution >= 4 is 102 Å². The van der Waals surface area contributed by atoms with Gasteiger partial charge >= 0.3 is 12.2 Å². The van der Waals surface area contributed by atoms with Crippen LogP contribution in [0.1, 0.15) is 112 Å². The van der Waals surface area contributed by atoms with Crippen molar-refractivity contribution < 1.29 is 81.3 Å². The highest BCUT2D eigenvalue weighted by Crippen LogP contribution is 2.56. The second-order valence-electron chi connectivity index (χ2n) is 25.1. The first-order valence-corrected chi connectivity index (χ1v) is 29.5. The van der Waals surface area contributed by atoms with Crippen LogP contribution in [0.25, 0.3) is 49.2 Å². The van der Waals surface area contributed by atoms with Crippen molar-refractivity contribution in [1.29, 1.82) is 0 Å². The number of benzene rings is 5. The number of imide groups is 2. The van der Waals surface area contributed by atoms with Crippen LogP contribution in [0.4, 0.5) is 21.0 Å². The molecule has 1 aliphatic carbocycles. The number of allylic oxidation sites excluding steroid dienone is 1. The van der Waals surface area contributed by atoms with E-state index in [1.807, 2.05) is 55.4 Å². The second kappa shape index (κ2) is 26.1. The molecular formula is C64H82N6O19.